The number of nitrogens with one attached hydrogen (secondary N) is 1. The molecule has 2 aromatic rings. The average Bonchev–Trinajstić information content (AvgIpc) is 2.39. The molecule has 0 aromatic heterocycles. The van der Waals surface area contributed by atoms with Crippen LogP contribution in [0.25, 0.3) is 0 Å². The molecule has 1 atom stereocenters. The van der Waals surface area contributed by atoms with Crippen LogP contribution in [0.4, 0.5) is 4.39 Å². The molecule has 0 fully saturated rings. The van der Waals surface area contributed by atoms with Crippen molar-refractivity contribution in [3.8, 4) is 5.75 Å². The van der Waals surface area contributed by atoms with Crippen LogP contribution in [0.1, 0.15) is 29.7 Å². The summed E-state index contributed by atoms with van der Waals surface area (Å²) < 4.78 is 13.1. The van der Waals surface area contributed by atoms with Crippen molar-refractivity contribution < 1.29 is 9.50 Å². The Morgan fingerprint density at radius 1 is 1.21 bits per heavy atom. The van der Waals surface area contributed by atoms with E-state index in [-0.39, 0.29) is 17.6 Å². The van der Waals surface area contributed by atoms with Crippen LogP contribution >= 0.6 is 0 Å². The van der Waals surface area contributed by atoms with Crippen LogP contribution in [0.5, 0.6) is 5.75 Å². The molecule has 0 heterocycles. The van der Waals surface area contributed by atoms with Crippen LogP contribution < -0.4 is 5.32 Å². The molecule has 2 N–H and O–H groups in total. The number of hydrogen-bond acceptors (Lipinski definition) is 2. The van der Waals surface area contributed by atoms with E-state index in [1.54, 1.807) is 0 Å². The second-order valence-corrected chi connectivity index (χ2v) is 4.79. The summed E-state index contributed by atoms with van der Waals surface area (Å²) in [5.41, 5.74) is 2.95. The minimum atomic E-state index is -0.335. The molecule has 0 spiro atoms. The lowest BCUT2D eigenvalue weighted by Crippen LogP contribution is -2.18. The minimum Gasteiger partial charge on any atom is -0.508 e. The molecule has 0 bridgehead atoms. The fraction of sp³-hybridized carbons (Fsp3) is 0.250. The molecular weight excluding hydrogens is 241 g/mol. The molecule has 3 heteroatoms. The number of phenolic OH excluding ortho intramolecular Hbond substituents is 1. The molecule has 0 saturated carbocycles. The van der Waals surface area contributed by atoms with Gasteiger partial charge >= 0.3 is 0 Å². The van der Waals surface area contributed by atoms with E-state index in [2.05, 4.69) is 30.4 Å². The highest BCUT2D eigenvalue weighted by Gasteiger charge is 2.07. The van der Waals surface area contributed by atoms with Crippen LogP contribution in [0, 0.1) is 12.7 Å². The van der Waals surface area contributed by atoms with Gasteiger partial charge in [-0.1, -0.05) is 29.8 Å². The highest BCUT2D eigenvalue weighted by atomic mass is 19.1. The third-order valence-corrected chi connectivity index (χ3v) is 3.18. The second kappa shape index (κ2) is 5.85. The molecule has 19 heavy (non-hydrogen) atoms. The van der Waals surface area contributed by atoms with Crippen LogP contribution in [0.15, 0.2) is 42.5 Å². The van der Waals surface area contributed by atoms with E-state index < -0.39 is 0 Å². The highest BCUT2D eigenvalue weighted by molar-refractivity contribution is 5.32. The number of hydrogen-bond donors (Lipinski definition) is 2. The molecule has 0 aliphatic heterocycles. The smallest absolute Gasteiger partial charge is 0.123 e. The van der Waals surface area contributed by atoms with Gasteiger partial charge in [0.05, 0.1) is 0 Å². The van der Waals surface area contributed by atoms with Crippen LogP contribution in [-0.4, -0.2) is 5.11 Å². The Bertz CT molecular complexity index is 568. The molecule has 2 nitrogen and oxygen atoms in total. The second-order valence-electron chi connectivity index (χ2n) is 4.79. The lowest BCUT2D eigenvalue weighted by atomic mass is 10.1. The summed E-state index contributed by atoms with van der Waals surface area (Å²) in [6.45, 7) is 4.53. The van der Waals surface area contributed by atoms with Crippen molar-refractivity contribution in [2.24, 2.45) is 0 Å². The number of halogens is 1. The predicted molar refractivity (Wildman–Crippen MR) is 74.5 cm³/mol. The quantitative estimate of drug-likeness (QED) is 0.877. The molecule has 0 unspecified atom stereocenters. The van der Waals surface area contributed by atoms with Gasteiger partial charge in [-0.2, -0.15) is 0 Å². The average molecular weight is 259 g/mol. The third kappa shape index (κ3) is 3.55. The van der Waals surface area contributed by atoms with Gasteiger partial charge in [0.2, 0.25) is 0 Å². The maximum atomic E-state index is 13.1. The van der Waals surface area contributed by atoms with E-state index in [9.17, 15) is 9.50 Å². The van der Waals surface area contributed by atoms with Gasteiger partial charge in [-0.05, 0) is 37.6 Å². The van der Waals surface area contributed by atoms with Gasteiger partial charge in [0.15, 0.2) is 0 Å². The zero-order valence-corrected chi connectivity index (χ0v) is 11.2. The van der Waals surface area contributed by atoms with Crippen molar-refractivity contribution in [3.63, 3.8) is 0 Å². The SMILES string of the molecule is Cc1cccc([C@H](C)NCc2cc(F)ccc2O)c1. The maximum absolute atomic E-state index is 13.1. The first-order chi connectivity index (χ1) is 9.06. The Morgan fingerprint density at radius 2 is 2.00 bits per heavy atom. The van der Waals surface area contributed by atoms with Gasteiger partial charge in [-0.15, -0.1) is 0 Å². The highest BCUT2D eigenvalue weighted by Crippen LogP contribution is 2.20. The summed E-state index contributed by atoms with van der Waals surface area (Å²) >= 11 is 0. The van der Waals surface area contributed by atoms with Crippen molar-refractivity contribution in [3.05, 3.63) is 65.0 Å². The van der Waals surface area contributed by atoms with Crippen molar-refractivity contribution in [1.29, 1.82) is 0 Å². The van der Waals surface area contributed by atoms with E-state index in [1.807, 2.05) is 13.0 Å². The molecule has 0 aliphatic carbocycles. The Morgan fingerprint density at radius 3 is 2.74 bits per heavy atom. The zero-order chi connectivity index (χ0) is 13.8. The predicted octanol–water partition coefficient (Wildman–Crippen LogP) is 3.69. The van der Waals surface area contributed by atoms with E-state index >= 15 is 0 Å². The number of phenols is 1. The van der Waals surface area contributed by atoms with E-state index in [1.165, 1.54) is 29.3 Å². The summed E-state index contributed by atoms with van der Waals surface area (Å²) in [4.78, 5) is 0. The summed E-state index contributed by atoms with van der Waals surface area (Å²) in [5.74, 6) is -0.219. The summed E-state index contributed by atoms with van der Waals surface area (Å²) in [5, 5.41) is 12.9. The molecule has 0 aliphatic rings. The fourth-order valence-corrected chi connectivity index (χ4v) is 2.02. The Labute approximate surface area is 112 Å². The lowest BCUT2D eigenvalue weighted by Gasteiger charge is -2.15. The van der Waals surface area contributed by atoms with Gasteiger partial charge in [0.25, 0.3) is 0 Å². The zero-order valence-electron chi connectivity index (χ0n) is 11.2. The van der Waals surface area contributed by atoms with Gasteiger partial charge in [0.1, 0.15) is 11.6 Å². The van der Waals surface area contributed by atoms with Gasteiger partial charge < -0.3 is 10.4 Å². The molecule has 0 radical (unpaired) electrons. The molecule has 100 valence electrons. The first-order valence-electron chi connectivity index (χ1n) is 6.33. The van der Waals surface area contributed by atoms with Crippen molar-refractivity contribution in [2.75, 3.05) is 0 Å². The Kier molecular flexibility index (Phi) is 4.17. The van der Waals surface area contributed by atoms with Crippen molar-refractivity contribution in [2.45, 2.75) is 26.4 Å². The molecule has 0 amide bonds. The largest absolute Gasteiger partial charge is 0.508 e. The number of aromatic hydroxyl groups is 1. The van der Waals surface area contributed by atoms with Gasteiger partial charge in [-0.25, -0.2) is 4.39 Å². The first kappa shape index (κ1) is 13.6. The standard InChI is InChI=1S/C16H18FNO/c1-11-4-3-5-13(8-11)12(2)18-10-14-9-15(17)6-7-16(14)19/h3-9,12,18-19H,10H2,1-2H3/t12-/m0/s1. The Balaban J connectivity index is 2.04. The van der Waals surface area contributed by atoms with Gasteiger partial charge in [0, 0.05) is 18.2 Å². The first-order valence-corrected chi connectivity index (χ1v) is 6.33. The molecule has 2 rings (SSSR count). The van der Waals surface area contributed by atoms with Crippen molar-refractivity contribution in [1.82, 2.24) is 5.32 Å². The van der Waals surface area contributed by atoms with E-state index in [4.69, 9.17) is 0 Å². The topological polar surface area (TPSA) is 32.3 Å². The van der Waals surface area contributed by atoms with Crippen molar-refractivity contribution >= 4 is 0 Å². The summed E-state index contributed by atoms with van der Waals surface area (Å²) in [6.07, 6.45) is 0. The normalized spacial score (nSPS) is 12.4. The summed E-state index contributed by atoms with van der Waals surface area (Å²) in [7, 11) is 0. The molecular formula is C16H18FNO. The Hall–Kier alpha value is -1.87. The van der Waals surface area contributed by atoms with Crippen LogP contribution in [0.2, 0.25) is 0 Å². The van der Waals surface area contributed by atoms with Gasteiger partial charge in [-0.3, -0.25) is 0 Å². The van der Waals surface area contributed by atoms with Crippen LogP contribution in [0.3, 0.4) is 0 Å². The third-order valence-electron chi connectivity index (χ3n) is 3.18. The maximum Gasteiger partial charge on any atom is 0.123 e. The van der Waals surface area contributed by atoms with E-state index in [0.717, 1.165) is 0 Å². The summed E-state index contributed by atoms with van der Waals surface area (Å²) in [6, 6.07) is 12.4. The number of rotatable bonds is 4. The number of benzene rings is 2. The molecule has 0 saturated heterocycles. The number of aryl methyl sites for hydroxylation is 1. The van der Waals surface area contributed by atoms with Crippen LogP contribution in [-0.2, 0) is 6.54 Å². The minimum absolute atomic E-state index is 0.116. The molecule has 2 aromatic carbocycles. The van der Waals surface area contributed by atoms with E-state index in [0.29, 0.717) is 12.1 Å². The lowest BCUT2D eigenvalue weighted by molar-refractivity contribution is 0.457. The monoisotopic (exact) mass is 259 g/mol. The fourth-order valence-electron chi connectivity index (χ4n) is 2.02.